The third kappa shape index (κ3) is 3.39. The quantitative estimate of drug-likeness (QED) is 0.673. The highest BCUT2D eigenvalue weighted by molar-refractivity contribution is 5.91. The topological polar surface area (TPSA) is 71.2 Å². The molecule has 1 aliphatic rings. The van der Waals surface area contributed by atoms with Crippen molar-refractivity contribution in [2.75, 3.05) is 13.7 Å². The van der Waals surface area contributed by atoms with Gasteiger partial charge in [-0.1, -0.05) is 24.3 Å². The molecule has 29 heavy (non-hydrogen) atoms. The van der Waals surface area contributed by atoms with Crippen molar-refractivity contribution in [1.82, 2.24) is 10.3 Å². The third-order valence-electron chi connectivity index (χ3n) is 5.75. The first-order chi connectivity index (χ1) is 14.0. The Morgan fingerprint density at radius 3 is 2.69 bits per heavy atom. The molecular formula is C23H23FN2O3. The second kappa shape index (κ2) is 7.35. The normalized spacial score (nSPS) is 14.6. The van der Waals surface area contributed by atoms with Crippen molar-refractivity contribution in [3.8, 4) is 5.75 Å². The number of aryl methyl sites for hydroxylation is 1. The number of pyridine rings is 1. The van der Waals surface area contributed by atoms with Crippen LogP contribution in [0.5, 0.6) is 5.75 Å². The molecule has 0 unspecified atom stereocenters. The Morgan fingerprint density at radius 1 is 1.24 bits per heavy atom. The van der Waals surface area contributed by atoms with Crippen molar-refractivity contribution in [3.63, 3.8) is 0 Å². The minimum atomic E-state index is -0.773. The summed E-state index contributed by atoms with van der Waals surface area (Å²) in [4.78, 5) is 28.1. The lowest BCUT2D eigenvalue weighted by atomic mass is 9.94. The smallest absolute Gasteiger partial charge is 0.251 e. The molecule has 1 fully saturated rings. The van der Waals surface area contributed by atoms with Crippen molar-refractivity contribution in [3.05, 3.63) is 75.3 Å². The summed E-state index contributed by atoms with van der Waals surface area (Å²) in [5.74, 6) is 0.0799. The molecule has 0 atom stereocenters. The largest absolute Gasteiger partial charge is 0.495 e. The summed E-state index contributed by atoms with van der Waals surface area (Å²) in [6, 6.07) is 12.0. The van der Waals surface area contributed by atoms with Crippen molar-refractivity contribution >= 4 is 16.8 Å². The van der Waals surface area contributed by atoms with Gasteiger partial charge in [-0.3, -0.25) is 9.59 Å². The Labute approximate surface area is 167 Å². The Kier molecular flexibility index (Phi) is 4.86. The number of aromatic nitrogens is 1. The number of fused-ring (bicyclic) bond motifs is 1. The molecule has 0 bridgehead atoms. The monoisotopic (exact) mass is 394 g/mol. The van der Waals surface area contributed by atoms with Crippen LogP contribution in [0.1, 0.15) is 29.5 Å². The van der Waals surface area contributed by atoms with Crippen molar-refractivity contribution in [1.29, 1.82) is 0 Å². The van der Waals surface area contributed by atoms with Crippen LogP contribution in [-0.4, -0.2) is 24.5 Å². The standard InChI is InChI=1S/C23H23FN2O3/c1-14-7-8-19(29-2)20-16(14)13-15(21(27)26-20)9-12-25-22(28)23(10-11-23)17-5-3-4-6-18(17)24/h3-8,13H,9-12H2,1-2H3,(H,25,28)(H,26,27). The molecule has 1 aliphatic carbocycles. The maximum Gasteiger partial charge on any atom is 0.251 e. The van der Waals surface area contributed by atoms with Gasteiger partial charge < -0.3 is 15.0 Å². The number of H-pyrrole nitrogens is 1. The number of nitrogens with one attached hydrogen (secondary N) is 2. The molecule has 0 radical (unpaired) electrons. The fourth-order valence-corrected chi connectivity index (χ4v) is 3.88. The van der Waals surface area contributed by atoms with Gasteiger partial charge in [-0.25, -0.2) is 4.39 Å². The fourth-order valence-electron chi connectivity index (χ4n) is 3.88. The van der Waals surface area contributed by atoms with Crippen LogP contribution < -0.4 is 15.6 Å². The molecule has 1 saturated carbocycles. The Bertz CT molecular complexity index is 1150. The summed E-state index contributed by atoms with van der Waals surface area (Å²) in [7, 11) is 1.56. The average Bonchev–Trinajstić information content (AvgIpc) is 3.51. The average molecular weight is 394 g/mol. The molecule has 6 heteroatoms. The molecule has 5 nitrogen and oxygen atoms in total. The highest BCUT2D eigenvalue weighted by Crippen LogP contribution is 2.49. The number of methoxy groups -OCH3 is 1. The number of benzene rings is 2. The van der Waals surface area contributed by atoms with Crippen LogP contribution in [0, 0.1) is 12.7 Å². The summed E-state index contributed by atoms with van der Waals surface area (Å²) >= 11 is 0. The number of amides is 1. The summed E-state index contributed by atoms with van der Waals surface area (Å²) in [5.41, 5.74) is 1.76. The van der Waals surface area contributed by atoms with Crippen LogP contribution in [0.4, 0.5) is 4.39 Å². The summed E-state index contributed by atoms with van der Waals surface area (Å²) < 4.78 is 19.5. The fraction of sp³-hybridized carbons (Fsp3) is 0.304. The highest BCUT2D eigenvalue weighted by atomic mass is 19.1. The Balaban J connectivity index is 1.50. The SMILES string of the molecule is COc1ccc(C)c2cc(CCNC(=O)C3(c4ccccc4F)CC3)c(=O)[nH]c12. The number of hydrogen-bond donors (Lipinski definition) is 2. The van der Waals surface area contributed by atoms with E-state index in [1.807, 2.05) is 25.1 Å². The number of carbonyl (C=O) groups excluding carboxylic acids is 1. The maximum atomic E-state index is 14.1. The van der Waals surface area contributed by atoms with E-state index in [9.17, 15) is 14.0 Å². The Morgan fingerprint density at radius 2 is 2.00 bits per heavy atom. The summed E-state index contributed by atoms with van der Waals surface area (Å²) in [6.07, 6.45) is 1.66. The van der Waals surface area contributed by atoms with Crippen LogP contribution in [0.3, 0.4) is 0 Å². The third-order valence-corrected chi connectivity index (χ3v) is 5.75. The van der Waals surface area contributed by atoms with E-state index in [4.69, 9.17) is 4.74 Å². The van der Waals surface area contributed by atoms with E-state index in [0.29, 0.717) is 48.2 Å². The van der Waals surface area contributed by atoms with Gasteiger partial charge >= 0.3 is 0 Å². The van der Waals surface area contributed by atoms with E-state index >= 15 is 0 Å². The van der Waals surface area contributed by atoms with E-state index in [2.05, 4.69) is 10.3 Å². The van der Waals surface area contributed by atoms with Crippen molar-refractivity contribution < 1.29 is 13.9 Å². The lowest BCUT2D eigenvalue weighted by Crippen LogP contribution is -2.37. The van der Waals surface area contributed by atoms with Gasteiger partial charge in [-0.2, -0.15) is 0 Å². The van der Waals surface area contributed by atoms with Crippen molar-refractivity contribution in [2.45, 2.75) is 31.6 Å². The lowest BCUT2D eigenvalue weighted by molar-refractivity contribution is -0.123. The molecule has 2 N–H and O–H groups in total. The highest BCUT2D eigenvalue weighted by Gasteiger charge is 2.52. The van der Waals surface area contributed by atoms with Gasteiger partial charge in [-0.05, 0) is 49.9 Å². The summed E-state index contributed by atoms with van der Waals surface area (Å²) in [5, 5.41) is 3.80. The van der Waals surface area contributed by atoms with E-state index in [-0.39, 0.29) is 17.3 Å². The van der Waals surface area contributed by atoms with Crippen molar-refractivity contribution in [2.24, 2.45) is 0 Å². The van der Waals surface area contributed by atoms with Gasteiger partial charge in [0, 0.05) is 23.1 Å². The van der Waals surface area contributed by atoms with Gasteiger partial charge in [-0.15, -0.1) is 0 Å². The molecule has 2 aromatic carbocycles. The van der Waals surface area contributed by atoms with Gasteiger partial charge in [0.2, 0.25) is 5.91 Å². The van der Waals surface area contributed by atoms with Gasteiger partial charge in [0.05, 0.1) is 18.0 Å². The van der Waals surface area contributed by atoms with Gasteiger partial charge in [0.1, 0.15) is 11.6 Å². The molecule has 1 amide bonds. The van der Waals surface area contributed by atoms with E-state index in [0.717, 1.165) is 10.9 Å². The first-order valence-corrected chi connectivity index (χ1v) is 9.69. The lowest BCUT2D eigenvalue weighted by Gasteiger charge is -2.16. The van der Waals surface area contributed by atoms with Crippen LogP contribution >= 0.6 is 0 Å². The second-order valence-corrected chi connectivity index (χ2v) is 7.56. The van der Waals surface area contributed by atoms with Crippen LogP contribution in [0.25, 0.3) is 10.9 Å². The molecule has 0 saturated heterocycles. The number of carbonyl (C=O) groups is 1. The van der Waals surface area contributed by atoms with E-state index in [1.165, 1.54) is 6.07 Å². The molecule has 150 valence electrons. The van der Waals surface area contributed by atoms with Gasteiger partial charge in [0.15, 0.2) is 0 Å². The second-order valence-electron chi connectivity index (χ2n) is 7.56. The van der Waals surface area contributed by atoms with Gasteiger partial charge in [0.25, 0.3) is 5.56 Å². The minimum Gasteiger partial charge on any atom is -0.495 e. The molecule has 0 aliphatic heterocycles. The molecule has 4 rings (SSSR count). The number of hydrogen-bond acceptors (Lipinski definition) is 3. The first-order valence-electron chi connectivity index (χ1n) is 9.69. The van der Waals surface area contributed by atoms with Crippen LogP contribution in [0.2, 0.25) is 0 Å². The van der Waals surface area contributed by atoms with Crippen LogP contribution in [0.15, 0.2) is 47.3 Å². The molecule has 1 heterocycles. The zero-order chi connectivity index (χ0) is 20.6. The first kappa shape index (κ1) is 19.2. The van der Waals surface area contributed by atoms with E-state index < -0.39 is 5.41 Å². The molecular weight excluding hydrogens is 371 g/mol. The minimum absolute atomic E-state index is 0.183. The number of rotatable bonds is 6. The molecule has 1 aromatic heterocycles. The maximum absolute atomic E-state index is 14.1. The molecule has 3 aromatic rings. The van der Waals surface area contributed by atoms with Crippen LogP contribution in [-0.2, 0) is 16.6 Å². The zero-order valence-corrected chi connectivity index (χ0v) is 16.5. The molecule has 0 spiro atoms. The predicted octanol–water partition coefficient (Wildman–Crippen LogP) is 3.37. The Hall–Kier alpha value is -3.15. The number of ether oxygens (including phenoxy) is 1. The predicted molar refractivity (Wildman–Crippen MR) is 110 cm³/mol. The number of aromatic amines is 1. The number of halogens is 1. The summed E-state index contributed by atoms with van der Waals surface area (Å²) in [6.45, 7) is 2.28. The zero-order valence-electron chi connectivity index (χ0n) is 16.5. The van der Waals surface area contributed by atoms with E-state index in [1.54, 1.807) is 25.3 Å².